The highest BCUT2D eigenvalue weighted by molar-refractivity contribution is 6.31. The molecule has 1 N–H and O–H groups in total. The van der Waals surface area contributed by atoms with Gasteiger partial charge in [0.1, 0.15) is 0 Å². The highest BCUT2D eigenvalue weighted by atomic mass is 35.5. The van der Waals surface area contributed by atoms with Crippen LogP contribution in [0.4, 0.5) is 0 Å². The Morgan fingerprint density at radius 2 is 2.29 bits per heavy atom. The summed E-state index contributed by atoms with van der Waals surface area (Å²) in [5.41, 5.74) is 1.19. The lowest BCUT2D eigenvalue weighted by molar-refractivity contribution is 0.412. The fourth-order valence-electron chi connectivity index (χ4n) is 1.79. The van der Waals surface area contributed by atoms with Gasteiger partial charge < -0.3 is 5.32 Å². The molecule has 78 valence electrons. The third kappa shape index (κ3) is 2.59. The van der Waals surface area contributed by atoms with Gasteiger partial charge >= 0.3 is 0 Å². The molecule has 0 bridgehead atoms. The fourth-order valence-corrected chi connectivity index (χ4v) is 2.04. The monoisotopic (exact) mass is 232 g/mol. The fraction of sp³-hybridized carbons (Fsp3) is 0.500. The lowest BCUT2D eigenvalue weighted by atomic mass is 9.98. The Hall–Kier alpha value is -0.310. The summed E-state index contributed by atoms with van der Waals surface area (Å²) in [4.78, 5) is 3.98. The van der Waals surface area contributed by atoms with Gasteiger partial charge in [-0.05, 0) is 31.0 Å². The summed E-state index contributed by atoms with van der Waals surface area (Å²) in [6.45, 7) is 1.10. The standard InChI is InChI=1S/C10H13ClN2.ClH/c11-9-7-12-6-4-8(9)10-3-1-2-5-13-10;/h4,6-7,10,13H,1-3,5H2;1H/t10-;/m1./s1. The van der Waals surface area contributed by atoms with E-state index in [1.54, 1.807) is 12.4 Å². The molecule has 4 heteroatoms. The summed E-state index contributed by atoms with van der Waals surface area (Å²) in [5.74, 6) is 0. The van der Waals surface area contributed by atoms with Crippen molar-refractivity contribution in [1.82, 2.24) is 10.3 Å². The van der Waals surface area contributed by atoms with E-state index in [1.807, 2.05) is 6.07 Å². The van der Waals surface area contributed by atoms with Crippen LogP contribution in [0.3, 0.4) is 0 Å². The van der Waals surface area contributed by atoms with E-state index in [9.17, 15) is 0 Å². The molecule has 1 aromatic rings. The molecule has 0 spiro atoms. The number of rotatable bonds is 1. The van der Waals surface area contributed by atoms with E-state index >= 15 is 0 Å². The molecule has 2 nitrogen and oxygen atoms in total. The van der Waals surface area contributed by atoms with Crippen LogP contribution in [0.1, 0.15) is 30.9 Å². The van der Waals surface area contributed by atoms with Gasteiger partial charge in [-0.1, -0.05) is 18.0 Å². The van der Waals surface area contributed by atoms with Gasteiger partial charge in [0, 0.05) is 18.4 Å². The Morgan fingerprint density at radius 1 is 1.43 bits per heavy atom. The van der Waals surface area contributed by atoms with Crippen molar-refractivity contribution in [2.24, 2.45) is 0 Å². The molecular weight excluding hydrogens is 219 g/mol. The normalized spacial score (nSPS) is 21.4. The Bertz CT molecular complexity index is 285. The van der Waals surface area contributed by atoms with Crippen LogP contribution in [0, 0.1) is 0 Å². The number of piperidine rings is 1. The van der Waals surface area contributed by atoms with E-state index in [2.05, 4.69) is 10.3 Å². The van der Waals surface area contributed by atoms with Gasteiger partial charge in [0.05, 0.1) is 5.02 Å². The third-order valence-electron chi connectivity index (χ3n) is 2.49. The average molecular weight is 233 g/mol. The molecule has 1 aliphatic rings. The van der Waals surface area contributed by atoms with E-state index in [0.29, 0.717) is 6.04 Å². The van der Waals surface area contributed by atoms with E-state index in [4.69, 9.17) is 11.6 Å². The first-order chi connectivity index (χ1) is 6.38. The van der Waals surface area contributed by atoms with Gasteiger partial charge in [0.25, 0.3) is 0 Å². The van der Waals surface area contributed by atoms with Crippen LogP contribution in [0.2, 0.25) is 5.02 Å². The maximum Gasteiger partial charge on any atom is 0.0637 e. The average Bonchev–Trinajstić information content (AvgIpc) is 2.20. The van der Waals surface area contributed by atoms with Gasteiger partial charge in [-0.2, -0.15) is 0 Å². The van der Waals surface area contributed by atoms with Crippen molar-refractivity contribution in [3.63, 3.8) is 0 Å². The van der Waals surface area contributed by atoms with Crippen LogP contribution in [0.5, 0.6) is 0 Å². The summed E-state index contributed by atoms with van der Waals surface area (Å²) in [7, 11) is 0. The SMILES string of the molecule is Cl.Clc1cnccc1[C@H]1CCCCN1. The molecule has 1 saturated heterocycles. The van der Waals surface area contributed by atoms with Gasteiger partial charge in [-0.3, -0.25) is 4.98 Å². The number of hydrogen-bond donors (Lipinski definition) is 1. The van der Waals surface area contributed by atoms with Gasteiger partial charge in [-0.15, -0.1) is 12.4 Å². The predicted molar refractivity (Wildman–Crippen MR) is 61.1 cm³/mol. The summed E-state index contributed by atoms with van der Waals surface area (Å²) in [6, 6.07) is 2.44. The highest BCUT2D eigenvalue weighted by Gasteiger charge is 2.16. The predicted octanol–water partition coefficient (Wildman–Crippen LogP) is 2.97. The van der Waals surface area contributed by atoms with Gasteiger partial charge in [0.2, 0.25) is 0 Å². The van der Waals surface area contributed by atoms with Crippen LogP contribution in [-0.4, -0.2) is 11.5 Å². The van der Waals surface area contributed by atoms with E-state index < -0.39 is 0 Å². The quantitative estimate of drug-likeness (QED) is 0.806. The molecule has 0 aromatic carbocycles. The maximum atomic E-state index is 6.06. The van der Waals surface area contributed by atoms with E-state index in [1.165, 1.54) is 24.8 Å². The van der Waals surface area contributed by atoms with Crippen molar-refractivity contribution >= 4 is 24.0 Å². The second kappa shape index (κ2) is 5.54. The van der Waals surface area contributed by atoms with Crippen LogP contribution in [0.25, 0.3) is 0 Å². The Kier molecular flexibility index (Phi) is 4.66. The second-order valence-electron chi connectivity index (χ2n) is 3.40. The Labute approximate surface area is 95.5 Å². The number of hydrogen-bond acceptors (Lipinski definition) is 2. The minimum Gasteiger partial charge on any atom is -0.310 e. The molecule has 0 radical (unpaired) electrons. The smallest absolute Gasteiger partial charge is 0.0637 e. The number of nitrogens with zero attached hydrogens (tertiary/aromatic N) is 1. The molecule has 14 heavy (non-hydrogen) atoms. The summed E-state index contributed by atoms with van der Waals surface area (Å²) < 4.78 is 0. The molecule has 0 aliphatic carbocycles. The summed E-state index contributed by atoms with van der Waals surface area (Å²) in [6.07, 6.45) is 7.27. The Balaban J connectivity index is 0.000000980. The van der Waals surface area contributed by atoms with E-state index in [-0.39, 0.29) is 12.4 Å². The maximum absolute atomic E-state index is 6.06. The Morgan fingerprint density at radius 3 is 2.93 bits per heavy atom. The lowest BCUT2D eigenvalue weighted by Gasteiger charge is -2.24. The lowest BCUT2D eigenvalue weighted by Crippen LogP contribution is -2.26. The number of aromatic nitrogens is 1. The highest BCUT2D eigenvalue weighted by Crippen LogP contribution is 2.27. The zero-order valence-corrected chi connectivity index (χ0v) is 9.44. The number of halogens is 2. The minimum absolute atomic E-state index is 0. The van der Waals surface area contributed by atoms with Crippen molar-refractivity contribution in [3.8, 4) is 0 Å². The van der Waals surface area contributed by atoms with Crippen molar-refractivity contribution in [3.05, 3.63) is 29.0 Å². The number of pyridine rings is 1. The van der Waals surface area contributed by atoms with Crippen LogP contribution < -0.4 is 5.32 Å². The van der Waals surface area contributed by atoms with Gasteiger partial charge in [-0.25, -0.2) is 0 Å². The first-order valence-electron chi connectivity index (χ1n) is 4.71. The van der Waals surface area contributed by atoms with Crippen molar-refractivity contribution in [2.45, 2.75) is 25.3 Å². The topological polar surface area (TPSA) is 24.9 Å². The van der Waals surface area contributed by atoms with Crippen LogP contribution >= 0.6 is 24.0 Å². The van der Waals surface area contributed by atoms with Crippen LogP contribution in [-0.2, 0) is 0 Å². The molecule has 1 aliphatic heterocycles. The minimum atomic E-state index is 0. The van der Waals surface area contributed by atoms with E-state index in [0.717, 1.165) is 11.6 Å². The van der Waals surface area contributed by atoms with Crippen LogP contribution in [0.15, 0.2) is 18.5 Å². The van der Waals surface area contributed by atoms with Crippen molar-refractivity contribution in [1.29, 1.82) is 0 Å². The zero-order chi connectivity index (χ0) is 9.10. The van der Waals surface area contributed by atoms with Crippen molar-refractivity contribution < 1.29 is 0 Å². The molecule has 1 aromatic heterocycles. The number of nitrogens with one attached hydrogen (secondary N) is 1. The first-order valence-corrected chi connectivity index (χ1v) is 5.08. The summed E-state index contributed by atoms with van der Waals surface area (Å²) >= 11 is 6.06. The largest absolute Gasteiger partial charge is 0.310 e. The molecule has 0 saturated carbocycles. The molecule has 0 amide bonds. The second-order valence-corrected chi connectivity index (χ2v) is 3.81. The molecule has 0 unspecified atom stereocenters. The van der Waals surface area contributed by atoms with Gasteiger partial charge in [0.15, 0.2) is 0 Å². The third-order valence-corrected chi connectivity index (χ3v) is 2.81. The molecular formula is C10H14Cl2N2. The van der Waals surface area contributed by atoms with Crippen molar-refractivity contribution in [2.75, 3.05) is 6.54 Å². The molecule has 2 heterocycles. The summed E-state index contributed by atoms with van der Waals surface area (Å²) in [5, 5.41) is 4.24. The first kappa shape index (κ1) is 11.8. The molecule has 1 fully saturated rings. The zero-order valence-electron chi connectivity index (χ0n) is 7.87. The molecule has 1 atom stereocenters. The molecule has 2 rings (SSSR count).